The summed E-state index contributed by atoms with van der Waals surface area (Å²) in [4.78, 5) is 0. The third-order valence-corrected chi connectivity index (χ3v) is 0.311. The summed E-state index contributed by atoms with van der Waals surface area (Å²) in [5, 5.41) is 12.6. The van der Waals surface area contributed by atoms with Crippen LogP contribution >= 0.6 is 67.9 Å². The molecule has 0 aromatic carbocycles. The lowest BCUT2D eigenvalue weighted by Gasteiger charge is -1.85. The van der Waals surface area contributed by atoms with Crippen LogP contribution in [-0.2, 0) is 0 Å². The lowest BCUT2D eigenvalue weighted by atomic mass is 11.1. The van der Waals surface area contributed by atoms with Crippen molar-refractivity contribution in [3.05, 3.63) is 0 Å². The molecule has 0 bridgehead atoms. The summed E-state index contributed by atoms with van der Waals surface area (Å²) >= 11 is 0. The van der Waals surface area contributed by atoms with Crippen LogP contribution in [0.3, 0.4) is 0 Å². The summed E-state index contributed by atoms with van der Waals surface area (Å²) in [7, 11) is 0. The summed E-state index contributed by atoms with van der Waals surface area (Å²) in [5.41, 5.74) is 13.1. The van der Waals surface area contributed by atoms with Crippen LogP contribution in [0.2, 0.25) is 0 Å². The fraction of sp³-hybridized carbons (Fsp3) is 0. The molecule has 0 spiro atoms. The molecule has 0 saturated heterocycles. The van der Waals surface area contributed by atoms with Crippen molar-refractivity contribution in [3.63, 3.8) is 0 Å². The second-order valence-corrected chi connectivity index (χ2v) is 1.12. The minimum absolute atomic E-state index is 0. The van der Waals surface area contributed by atoms with Crippen LogP contribution < -0.4 is 34.0 Å². The molecule has 12 N–H and O–H groups in total. The van der Waals surface area contributed by atoms with Crippen LogP contribution in [0.5, 0.6) is 0 Å². The monoisotopic (exact) mass is 468 g/mol. The van der Waals surface area contributed by atoms with E-state index < -0.39 is 0 Å². The van der Waals surface area contributed by atoms with Gasteiger partial charge in [-0.1, -0.05) is 0 Å². The van der Waals surface area contributed by atoms with Gasteiger partial charge in [0.25, 0.3) is 0 Å². The Hall–Kier alpha value is 0.380. The highest BCUT2D eigenvalue weighted by molar-refractivity contribution is 8.93. The van der Waals surface area contributed by atoms with Crippen molar-refractivity contribution in [3.8, 4) is 0 Å². The van der Waals surface area contributed by atoms with Crippen molar-refractivity contribution in [2.75, 3.05) is 0 Å². The largest absolute Gasteiger partial charge is 0.369 e. The number of nitrogens with one attached hydrogen (secondary N) is 4. The van der Waals surface area contributed by atoms with E-state index in [9.17, 15) is 0 Å². The second-order valence-electron chi connectivity index (χ2n) is 1.12. The van der Waals surface area contributed by atoms with E-state index in [1.165, 1.54) is 0 Å². The topological polar surface area (TPSA) is 176 Å². The van der Waals surface area contributed by atoms with Gasteiger partial charge in [0.05, 0.1) is 0 Å². The first-order valence-electron chi connectivity index (χ1n) is 2.15. The predicted molar refractivity (Wildman–Crippen MR) is 79.8 cm³/mol. The van der Waals surface area contributed by atoms with Gasteiger partial charge < -0.3 is 11.5 Å². The lowest BCUT2D eigenvalue weighted by Crippen LogP contribution is -2.35. The van der Waals surface area contributed by atoms with E-state index in [2.05, 4.69) is 23.2 Å². The Morgan fingerprint density at radius 3 is 0.786 bits per heavy atom. The summed E-state index contributed by atoms with van der Waals surface area (Å²) in [6.45, 7) is 0. The molecule has 0 heterocycles. The van der Waals surface area contributed by atoms with Gasteiger partial charge >= 0.3 is 0 Å². The Labute approximate surface area is 124 Å². The molecule has 12 heteroatoms. The predicted octanol–water partition coefficient (Wildman–Crippen LogP) is -1.00. The lowest BCUT2D eigenvalue weighted by molar-refractivity contribution is 0.995. The number of halogens is 4. The summed E-state index contributed by atoms with van der Waals surface area (Å²) in [6.07, 6.45) is 0. The average molecular weight is 472 g/mol. The van der Waals surface area contributed by atoms with Crippen LogP contribution in [0.4, 0.5) is 0 Å². The fourth-order valence-electron chi connectivity index (χ4n) is 0. The molecule has 0 aliphatic rings. The van der Waals surface area contributed by atoms with Crippen LogP contribution in [0.1, 0.15) is 0 Å². The molecule has 0 aliphatic carbocycles. The van der Waals surface area contributed by atoms with E-state index in [1.807, 2.05) is 10.9 Å². The van der Waals surface area contributed by atoms with E-state index in [1.54, 1.807) is 0 Å². The van der Waals surface area contributed by atoms with Crippen LogP contribution in [0.25, 0.3) is 0 Å². The van der Waals surface area contributed by atoms with E-state index in [4.69, 9.17) is 10.8 Å². The molecule has 8 nitrogen and oxygen atoms in total. The Morgan fingerprint density at radius 2 is 0.786 bits per heavy atom. The third-order valence-electron chi connectivity index (χ3n) is 0.311. The molecular weight excluding hydrogens is 456 g/mol. The molecular formula is C2H16Br4N8. The van der Waals surface area contributed by atoms with Crippen molar-refractivity contribution < 1.29 is 0 Å². The molecule has 92 valence electrons. The Kier molecular flexibility index (Phi) is 76.5. The number of nitrogens with two attached hydrogens (primary N) is 4. The number of guanidine groups is 2. The maximum atomic E-state index is 6.28. The normalized spacial score (nSPS) is 4.71. The quantitative estimate of drug-likeness (QED) is 0.0972. The van der Waals surface area contributed by atoms with Crippen molar-refractivity contribution in [2.24, 2.45) is 23.2 Å². The SMILES string of the molecule is Br.Br.Br.Br.N=C(N)NN.N=C(N)NN. The Bertz CT molecular complexity index is 104. The van der Waals surface area contributed by atoms with Gasteiger partial charge in [0.2, 0.25) is 0 Å². The summed E-state index contributed by atoms with van der Waals surface area (Å²) in [5.74, 6) is 8.71. The molecule has 0 aromatic rings. The van der Waals surface area contributed by atoms with Gasteiger partial charge in [-0.2, -0.15) is 0 Å². The van der Waals surface area contributed by atoms with Crippen molar-refractivity contribution in [1.29, 1.82) is 10.8 Å². The standard InChI is InChI=1S/2CH6N4.4BrH/c2*2-1(3)5-4;;;;/h2*4H2,(H4,2,3,5);4*1H. The van der Waals surface area contributed by atoms with Crippen LogP contribution in [0.15, 0.2) is 0 Å². The zero-order chi connectivity index (χ0) is 8.57. The maximum Gasteiger partial charge on any atom is 0.200 e. The zero-order valence-corrected chi connectivity index (χ0v) is 13.8. The van der Waals surface area contributed by atoms with E-state index in [0.717, 1.165) is 0 Å². The molecule has 0 aliphatic heterocycles. The molecule has 0 fully saturated rings. The summed E-state index contributed by atoms with van der Waals surface area (Å²) < 4.78 is 0. The number of hydrazine groups is 2. The van der Waals surface area contributed by atoms with Gasteiger partial charge in [0, 0.05) is 0 Å². The van der Waals surface area contributed by atoms with Crippen molar-refractivity contribution >= 4 is 79.8 Å². The Morgan fingerprint density at radius 1 is 0.714 bits per heavy atom. The second kappa shape index (κ2) is 29.2. The summed E-state index contributed by atoms with van der Waals surface area (Å²) in [6, 6.07) is 0. The molecule has 0 unspecified atom stereocenters. The molecule has 0 aromatic heterocycles. The van der Waals surface area contributed by atoms with Gasteiger partial charge in [-0.3, -0.25) is 21.7 Å². The fourth-order valence-corrected chi connectivity index (χ4v) is 0. The van der Waals surface area contributed by atoms with Crippen molar-refractivity contribution in [2.45, 2.75) is 0 Å². The molecule has 14 heavy (non-hydrogen) atoms. The highest BCUT2D eigenvalue weighted by Gasteiger charge is 1.66. The van der Waals surface area contributed by atoms with Crippen molar-refractivity contribution in [1.82, 2.24) is 10.9 Å². The third kappa shape index (κ3) is 83.6. The van der Waals surface area contributed by atoms with E-state index in [0.29, 0.717) is 0 Å². The van der Waals surface area contributed by atoms with E-state index >= 15 is 0 Å². The number of hydrogen-bond donors (Lipinski definition) is 8. The molecule has 0 atom stereocenters. The van der Waals surface area contributed by atoms with Crippen LogP contribution in [-0.4, -0.2) is 11.9 Å². The molecule has 0 saturated carbocycles. The van der Waals surface area contributed by atoms with Crippen LogP contribution in [0, 0.1) is 10.8 Å². The van der Waals surface area contributed by atoms with Gasteiger partial charge in [0.15, 0.2) is 11.9 Å². The molecule has 0 rings (SSSR count). The van der Waals surface area contributed by atoms with E-state index in [-0.39, 0.29) is 79.8 Å². The first-order chi connectivity index (χ1) is 4.54. The smallest absolute Gasteiger partial charge is 0.200 e. The highest BCUT2D eigenvalue weighted by Crippen LogP contribution is 1.26. The minimum atomic E-state index is -0.218. The minimum Gasteiger partial charge on any atom is -0.369 e. The number of rotatable bonds is 0. The maximum absolute atomic E-state index is 6.28. The Balaban J connectivity index is -0.0000000178. The number of hydrogen-bond acceptors (Lipinski definition) is 4. The first-order valence-corrected chi connectivity index (χ1v) is 2.15. The molecule has 0 radical (unpaired) electrons. The highest BCUT2D eigenvalue weighted by atomic mass is 79.9. The van der Waals surface area contributed by atoms with Gasteiger partial charge in [-0.05, 0) is 0 Å². The van der Waals surface area contributed by atoms with Gasteiger partial charge in [-0.25, -0.2) is 11.7 Å². The average Bonchev–Trinajstić information content (AvgIpc) is 1.89. The van der Waals surface area contributed by atoms with Gasteiger partial charge in [0.1, 0.15) is 0 Å². The van der Waals surface area contributed by atoms with Gasteiger partial charge in [-0.15, -0.1) is 67.9 Å². The molecule has 0 amide bonds. The first kappa shape index (κ1) is 36.7. The zero-order valence-electron chi connectivity index (χ0n) is 6.94.